The predicted octanol–water partition coefficient (Wildman–Crippen LogP) is 5.22. The molecule has 2 aliphatic heterocycles. The van der Waals surface area contributed by atoms with Gasteiger partial charge in [-0.05, 0) is 92.3 Å². The molecular formula is C28H29ClFN3O3. The number of amides is 1. The fourth-order valence-corrected chi connectivity index (χ4v) is 4.65. The van der Waals surface area contributed by atoms with E-state index in [0.717, 1.165) is 33.5 Å². The van der Waals surface area contributed by atoms with Crippen molar-refractivity contribution in [2.45, 2.75) is 44.8 Å². The van der Waals surface area contributed by atoms with Gasteiger partial charge < -0.3 is 20.2 Å². The summed E-state index contributed by atoms with van der Waals surface area (Å²) in [5.74, 6) is -0.0916. The number of oxime groups is 1. The van der Waals surface area contributed by atoms with Gasteiger partial charge in [-0.3, -0.25) is 4.79 Å². The van der Waals surface area contributed by atoms with E-state index in [4.69, 9.17) is 26.9 Å². The zero-order chi connectivity index (χ0) is 25.1. The average molecular weight is 510 g/mol. The molecule has 2 heterocycles. The molecule has 1 amide bonds. The highest BCUT2D eigenvalue weighted by atomic mass is 35.5. The Bertz CT molecular complexity index is 1300. The lowest BCUT2D eigenvalue weighted by atomic mass is 9.95. The van der Waals surface area contributed by atoms with Gasteiger partial charge in [0.1, 0.15) is 18.2 Å². The number of nitrogens with two attached hydrogens (primary N) is 1. The first-order valence-corrected chi connectivity index (χ1v) is 12.7. The number of hydrogen-bond acceptors (Lipinski definition) is 5. The van der Waals surface area contributed by atoms with Crippen molar-refractivity contribution in [2.24, 2.45) is 10.9 Å². The summed E-state index contributed by atoms with van der Waals surface area (Å²) in [6.45, 7) is 4.04. The largest absolute Gasteiger partial charge is 0.489 e. The van der Waals surface area contributed by atoms with E-state index in [1.165, 1.54) is 63.0 Å². The number of primary amides is 1. The lowest BCUT2D eigenvalue weighted by Crippen LogP contribution is -2.37. The molecule has 188 valence electrons. The van der Waals surface area contributed by atoms with E-state index in [1.54, 1.807) is 18.2 Å². The molecule has 3 aromatic carbocycles. The van der Waals surface area contributed by atoms with Crippen LogP contribution in [0.4, 0.5) is 4.39 Å². The summed E-state index contributed by atoms with van der Waals surface area (Å²) in [6.07, 6.45) is 6.47. The molecule has 0 aromatic heterocycles. The Morgan fingerprint density at radius 1 is 1.17 bits per heavy atom. The Kier molecular flexibility index (Phi) is 7.39. The first kappa shape index (κ1) is 24.5. The number of fused-ring (bicyclic) bond motifs is 3. The number of nitrogens with zero attached hydrogens (tertiary/aromatic N) is 2. The van der Waals surface area contributed by atoms with Crippen LogP contribution in [0.3, 0.4) is 0 Å². The molecule has 6 nitrogen and oxygen atoms in total. The number of halogens is 2. The van der Waals surface area contributed by atoms with Gasteiger partial charge in [0, 0.05) is 11.1 Å². The average Bonchev–Trinajstić information content (AvgIpc) is 3.66. The van der Waals surface area contributed by atoms with Crippen LogP contribution in [0.25, 0.3) is 10.8 Å². The van der Waals surface area contributed by atoms with Gasteiger partial charge in [0.15, 0.2) is 5.71 Å². The van der Waals surface area contributed by atoms with E-state index in [1.807, 2.05) is 6.07 Å². The molecule has 2 fully saturated rings. The third-order valence-electron chi connectivity index (χ3n) is 6.65. The number of benzene rings is 3. The minimum atomic E-state index is -0.641. The molecule has 6 rings (SSSR count). The number of carbonyl (C=O) groups is 1. The van der Waals surface area contributed by atoms with E-state index >= 15 is 0 Å². The van der Waals surface area contributed by atoms with E-state index in [2.05, 4.69) is 22.2 Å². The van der Waals surface area contributed by atoms with Crippen LogP contribution in [0, 0.1) is 5.82 Å². The maximum absolute atomic E-state index is 13.1. The highest BCUT2D eigenvalue weighted by molar-refractivity contribution is 6.45. The lowest BCUT2D eigenvalue weighted by molar-refractivity contribution is -0.112. The minimum absolute atomic E-state index is 0.0995. The Hall–Kier alpha value is -3.16. The fourth-order valence-electron chi connectivity index (χ4n) is 4.40. The van der Waals surface area contributed by atoms with Crippen LogP contribution in [0.15, 0.2) is 53.7 Å². The summed E-state index contributed by atoms with van der Waals surface area (Å²) in [6, 6.07) is 14.2. The number of aryl methyl sites for hydroxylation is 1. The predicted molar refractivity (Wildman–Crippen MR) is 139 cm³/mol. The van der Waals surface area contributed by atoms with Gasteiger partial charge in [0.05, 0.1) is 11.1 Å². The normalized spacial score (nSPS) is 16.7. The van der Waals surface area contributed by atoms with E-state index in [9.17, 15) is 9.18 Å². The summed E-state index contributed by atoms with van der Waals surface area (Å²) >= 11 is 6.25. The van der Waals surface area contributed by atoms with Crippen molar-refractivity contribution in [3.05, 3.63) is 76.1 Å². The van der Waals surface area contributed by atoms with E-state index in [-0.39, 0.29) is 18.1 Å². The zero-order valence-electron chi connectivity index (χ0n) is 20.0. The quantitative estimate of drug-likeness (QED) is 0.474. The Balaban J connectivity index is 0.000000148. The molecule has 8 heteroatoms. The van der Waals surface area contributed by atoms with E-state index < -0.39 is 5.91 Å². The number of hydrogen-bond donors (Lipinski definition) is 1. The summed E-state index contributed by atoms with van der Waals surface area (Å²) < 4.78 is 18.9. The molecule has 1 aliphatic carbocycles. The number of likely N-dealkylation sites (tertiary alicyclic amines) is 1. The highest BCUT2D eigenvalue weighted by Crippen LogP contribution is 2.32. The smallest absolute Gasteiger partial charge is 0.271 e. The molecule has 1 saturated heterocycles. The molecule has 2 N–H and O–H groups in total. The summed E-state index contributed by atoms with van der Waals surface area (Å²) in [7, 11) is 0. The molecule has 0 unspecified atom stereocenters. The van der Waals surface area contributed by atoms with Crippen LogP contribution in [0.2, 0.25) is 5.02 Å². The third-order valence-corrected chi connectivity index (χ3v) is 6.94. The van der Waals surface area contributed by atoms with Crippen LogP contribution in [-0.2, 0) is 22.7 Å². The molecule has 0 bridgehead atoms. The van der Waals surface area contributed by atoms with Gasteiger partial charge >= 0.3 is 0 Å². The molecule has 0 radical (unpaired) electrons. The lowest BCUT2D eigenvalue weighted by Gasteiger charge is -2.30. The van der Waals surface area contributed by atoms with Crippen LogP contribution >= 0.6 is 11.6 Å². The van der Waals surface area contributed by atoms with Crippen molar-refractivity contribution in [1.82, 2.24) is 4.90 Å². The third kappa shape index (κ3) is 5.79. The van der Waals surface area contributed by atoms with Gasteiger partial charge in [0.25, 0.3) is 5.91 Å². The fraction of sp³-hybridized carbons (Fsp3) is 0.357. The maximum Gasteiger partial charge on any atom is 0.271 e. The van der Waals surface area contributed by atoms with Gasteiger partial charge in [-0.15, -0.1) is 0 Å². The van der Waals surface area contributed by atoms with Crippen molar-refractivity contribution in [2.75, 3.05) is 19.6 Å². The first-order chi connectivity index (χ1) is 17.5. The van der Waals surface area contributed by atoms with Crippen LogP contribution < -0.4 is 10.5 Å². The molecule has 1 saturated carbocycles. The summed E-state index contributed by atoms with van der Waals surface area (Å²) in [4.78, 5) is 18.8. The Morgan fingerprint density at radius 2 is 2.00 bits per heavy atom. The Labute approximate surface area is 214 Å². The maximum atomic E-state index is 13.1. The van der Waals surface area contributed by atoms with Crippen molar-refractivity contribution >= 4 is 34.0 Å². The van der Waals surface area contributed by atoms with Crippen LogP contribution in [0.1, 0.15) is 42.4 Å². The highest BCUT2D eigenvalue weighted by Gasteiger charge is 2.24. The monoisotopic (exact) mass is 509 g/mol. The number of rotatable bonds is 7. The van der Waals surface area contributed by atoms with Crippen molar-refractivity contribution in [3.8, 4) is 5.75 Å². The van der Waals surface area contributed by atoms with Crippen LogP contribution in [0.5, 0.6) is 5.75 Å². The van der Waals surface area contributed by atoms with E-state index in [0.29, 0.717) is 11.7 Å². The molecule has 3 aromatic rings. The second kappa shape index (κ2) is 10.8. The number of carbonyl (C=O) groups excluding carboxylic acids is 1. The van der Waals surface area contributed by atoms with Gasteiger partial charge in [-0.2, -0.15) is 0 Å². The standard InChI is InChI=1S/C15H20ClNO.C13H9FN2O2/c16-14-11-12(3-1-8-17-9-2-10-17)4-7-15(14)18-13-5-6-13;14-8-2-4-9-7(5-8)1-3-10-11(9)6-18-16-12(10)13(15)17/h4,7,11,13H,1-3,5-6,8-10H2;1-5H,6H2,(H2,15,17). The SMILES string of the molecule is Clc1cc(CCCN2CCC2)ccc1OC1CC1.NC(=O)C1=NOCc2c1ccc1cc(F)ccc21. The van der Waals surface area contributed by atoms with Crippen LogP contribution in [-0.4, -0.2) is 42.3 Å². The van der Waals surface area contributed by atoms with Gasteiger partial charge in [-0.25, -0.2) is 4.39 Å². The number of ether oxygens (including phenoxy) is 1. The summed E-state index contributed by atoms with van der Waals surface area (Å²) in [5.41, 5.74) is 8.11. The second-order valence-corrected chi connectivity index (χ2v) is 9.82. The first-order valence-electron chi connectivity index (χ1n) is 12.4. The molecule has 0 spiro atoms. The van der Waals surface area contributed by atoms with Crippen molar-refractivity contribution in [3.63, 3.8) is 0 Å². The Morgan fingerprint density at radius 3 is 2.69 bits per heavy atom. The zero-order valence-corrected chi connectivity index (χ0v) is 20.8. The molecule has 36 heavy (non-hydrogen) atoms. The molecular weight excluding hydrogens is 481 g/mol. The topological polar surface area (TPSA) is 77.2 Å². The van der Waals surface area contributed by atoms with Gasteiger partial charge in [-0.1, -0.05) is 41.0 Å². The van der Waals surface area contributed by atoms with Gasteiger partial charge in [0.2, 0.25) is 0 Å². The van der Waals surface area contributed by atoms with Crippen molar-refractivity contribution in [1.29, 1.82) is 0 Å². The molecule has 0 atom stereocenters. The second-order valence-electron chi connectivity index (χ2n) is 9.42. The minimum Gasteiger partial charge on any atom is -0.489 e. The molecule has 3 aliphatic rings. The summed E-state index contributed by atoms with van der Waals surface area (Å²) in [5, 5.41) is 6.02. The van der Waals surface area contributed by atoms with Crippen molar-refractivity contribution < 1.29 is 18.8 Å².